The van der Waals surface area contributed by atoms with Crippen LogP contribution in [0.15, 0.2) is 24.3 Å². The molecule has 0 bridgehead atoms. The minimum atomic E-state index is -4.95. The Bertz CT molecular complexity index is 1770. The predicted octanol–water partition coefficient (Wildman–Crippen LogP) is 17.8. The van der Waals surface area contributed by atoms with E-state index in [2.05, 4.69) is 72.8 Å². The highest BCUT2D eigenvalue weighted by molar-refractivity contribution is 7.47. The average Bonchev–Trinajstić information content (AvgIpc) is 3.61. The lowest BCUT2D eigenvalue weighted by Gasteiger charge is -2.21. The molecule has 19 heteroatoms. The molecule has 0 radical (unpaired) electrons. The van der Waals surface area contributed by atoms with Gasteiger partial charge in [-0.25, -0.2) is 9.13 Å². The van der Waals surface area contributed by atoms with Crippen LogP contribution in [0.5, 0.6) is 0 Å². The quantitative estimate of drug-likeness (QED) is 0.0169. The molecule has 0 aliphatic carbocycles. The summed E-state index contributed by atoms with van der Waals surface area (Å²) in [6, 6.07) is 0. The molecule has 0 aromatic rings. The van der Waals surface area contributed by atoms with Gasteiger partial charge < -0.3 is 33.8 Å². The monoisotopic (exact) mass is 1250 g/mol. The highest BCUT2D eigenvalue weighted by atomic mass is 31.2. The van der Waals surface area contributed by atoms with Gasteiger partial charge in [-0.05, 0) is 69.1 Å². The van der Waals surface area contributed by atoms with Gasteiger partial charge in [0, 0.05) is 25.7 Å². The van der Waals surface area contributed by atoms with Crippen LogP contribution in [0, 0.1) is 17.8 Å². The molecule has 500 valence electrons. The van der Waals surface area contributed by atoms with Crippen molar-refractivity contribution >= 4 is 39.5 Å². The van der Waals surface area contributed by atoms with Crippen molar-refractivity contribution in [3.05, 3.63) is 24.3 Å². The van der Waals surface area contributed by atoms with E-state index in [-0.39, 0.29) is 25.7 Å². The predicted molar refractivity (Wildman–Crippen MR) is 340 cm³/mol. The summed E-state index contributed by atoms with van der Waals surface area (Å²) >= 11 is 0. The minimum Gasteiger partial charge on any atom is -0.462 e. The zero-order chi connectivity index (χ0) is 63.1. The van der Waals surface area contributed by atoms with Crippen LogP contribution in [0.3, 0.4) is 0 Å². The first kappa shape index (κ1) is 82.5. The highest BCUT2D eigenvalue weighted by Crippen LogP contribution is 2.45. The first-order chi connectivity index (χ1) is 40.7. The second-order valence-electron chi connectivity index (χ2n) is 24.6. The van der Waals surface area contributed by atoms with E-state index in [1.807, 2.05) is 0 Å². The lowest BCUT2D eigenvalue weighted by molar-refractivity contribution is -0.161. The number of phosphoric acid groups is 2. The molecule has 2 unspecified atom stereocenters. The Morgan fingerprint density at radius 1 is 0.365 bits per heavy atom. The van der Waals surface area contributed by atoms with Crippen LogP contribution < -0.4 is 0 Å². The number of ether oxygens (including phenoxy) is 4. The van der Waals surface area contributed by atoms with Crippen molar-refractivity contribution in [1.82, 2.24) is 0 Å². The Morgan fingerprint density at radius 3 is 0.953 bits per heavy atom. The maximum Gasteiger partial charge on any atom is 0.472 e. The Labute approximate surface area is 516 Å². The second-order valence-corrected chi connectivity index (χ2v) is 27.5. The van der Waals surface area contributed by atoms with Crippen molar-refractivity contribution in [2.24, 2.45) is 17.8 Å². The molecule has 5 atom stereocenters. The van der Waals surface area contributed by atoms with Gasteiger partial charge in [-0.3, -0.25) is 37.3 Å². The number of phosphoric ester groups is 2. The Hall–Kier alpha value is -2.46. The molecule has 3 N–H and O–H groups in total. The van der Waals surface area contributed by atoms with E-state index in [0.29, 0.717) is 37.5 Å². The molecule has 0 aromatic heterocycles. The van der Waals surface area contributed by atoms with Crippen molar-refractivity contribution in [2.45, 2.75) is 317 Å². The van der Waals surface area contributed by atoms with Crippen molar-refractivity contribution in [2.75, 3.05) is 39.6 Å². The van der Waals surface area contributed by atoms with Gasteiger partial charge in [0.2, 0.25) is 0 Å². The van der Waals surface area contributed by atoms with Gasteiger partial charge in [0.15, 0.2) is 12.2 Å². The third kappa shape index (κ3) is 60.2. The molecule has 0 aromatic carbocycles. The number of hydrogen-bond acceptors (Lipinski definition) is 15. The van der Waals surface area contributed by atoms with Gasteiger partial charge in [0.1, 0.15) is 19.3 Å². The van der Waals surface area contributed by atoms with Crippen molar-refractivity contribution in [1.29, 1.82) is 0 Å². The van der Waals surface area contributed by atoms with Gasteiger partial charge in [0.25, 0.3) is 0 Å². The lowest BCUT2D eigenvalue weighted by Crippen LogP contribution is -2.30. The largest absolute Gasteiger partial charge is 0.472 e. The number of carbonyl (C=O) groups excluding carboxylic acids is 4. The van der Waals surface area contributed by atoms with Crippen molar-refractivity contribution in [3.8, 4) is 0 Å². The number of esters is 4. The molecule has 0 spiro atoms. The highest BCUT2D eigenvalue weighted by Gasteiger charge is 2.30. The first-order valence-corrected chi connectivity index (χ1v) is 36.7. The van der Waals surface area contributed by atoms with Gasteiger partial charge in [-0.15, -0.1) is 0 Å². The van der Waals surface area contributed by atoms with Crippen LogP contribution in [-0.2, 0) is 65.4 Å². The fourth-order valence-corrected chi connectivity index (χ4v) is 10.9. The van der Waals surface area contributed by atoms with E-state index < -0.39 is 97.5 Å². The summed E-state index contributed by atoms with van der Waals surface area (Å²) in [6.45, 7) is 11.5. The summed E-state index contributed by atoms with van der Waals surface area (Å²) < 4.78 is 68.0. The van der Waals surface area contributed by atoms with Crippen LogP contribution in [0.25, 0.3) is 0 Å². The van der Waals surface area contributed by atoms with E-state index >= 15 is 0 Å². The molecule has 85 heavy (non-hydrogen) atoms. The molecule has 0 amide bonds. The molecule has 0 saturated carbocycles. The SMILES string of the molecule is CCCCCC/C=C\C=C/CCCCCCCC(=O)OC[C@H](COP(=O)(O)OC[C@@H](O)COP(=O)(O)OC[C@@H](COC(=O)CCCCCCCCC(C)C)OC(=O)CCCCCCCCCCC(C)C)OC(=O)CCCCCCCCCC(C)C. The van der Waals surface area contributed by atoms with Gasteiger partial charge in [-0.1, -0.05) is 246 Å². The van der Waals surface area contributed by atoms with Gasteiger partial charge in [0.05, 0.1) is 26.4 Å². The fourth-order valence-electron chi connectivity index (χ4n) is 9.29. The van der Waals surface area contributed by atoms with Crippen LogP contribution in [0.2, 0.25) is 0 Å². The second kappa shape index (κ2) is 56.8. The number of aliphatic hydroxyl groups excluding tert-OH is 1. The molecular formula is C66H124O17P2. The first-order valence-electron chi connectivity index (χ1n) is 33.7. The maximum atomic E-state index is 13.0. The van der Waals surface area contributed by atoms with E-state index in [1.54, 1.807) is 0 Å². The standard InChI is InChI=1S/C66H124O17P2/c1-8-9-10-11-12-13-14-15-16-17-18-19-25-33-40-47-63(68)76-53-61(83-66(71)50-43-36-27-22-24-31-38-45-58(4)5)55-80-84(72,73)78-51-60(67)52-79-85(74,75)81-56-62(54-77-64(69)48-41-34-29-28-32-39-46-59(6)7)82-65(70)49-42-35-26-21-20-23-30-37-44-57(2)3/h13-16,57-62,67H,8-12,17-56H2,1-7H3,(H,72,73)(H,74,75)/b14-13-,16-15-/t60-,61-,62-/m1/s1. The molecule has 0 aliphatic heterocycles. The smallest absolute Gasteiger partial charge is 0.462 e. The average molecular weight is 1250 g/mol. The zero-order valence-electron chi connectivity index (χ0n) is 54.5. The Balaban J connectivity index is 5.26. The molecule has 0 rings (SSSR count). The Morgan fingerprint density at radius 2 is 0.635 bits per heavy atom. The number of hydrogen-bond donors (Lipinski definition) is 3. The molecular weight excluding hydrogens is 1130 g/mol. The van der Waals surface area contributed by atoms with E-state index in [0.717, 1.165) is 121 Å². The fraction of sp³-hybridized carbons (Fsp3) is 0.879. The van der Waals surface area contributed by atoms with Crippen LogP contribution >= 0.6 is 15.6 Å². The van der Waals surface area contributed by atoms with Gasteiger partial charge >= 0.3 is 39.5 Å². The van der Waals surface area contributed by atoms with Crippen LogP contribution in [0.4, 0.5) is 0 Å². The van der Waals surface area contributed by atoms with E-state index in [1.165, 1.54) is 83.5 Å². The number of aliphatic hydroxyl groups is 1. The number of unbranched alkanes of at least 4 members (excludes halogenated alkanes) is 27. The normalized spacial score (nSPS) is 14.5. The number of carbonyl (C=O) groups is 4. The van der Waals surface area contributed by atoms with E-state index in [9.17, 15) is 43.2 Å². The molecule has 0 saturated heterocycles. The lowest BCUT2D eigenvalue weighted by atomic mass is 10.0. The topological polar surface area (TPSA) is 237 Å². The number of allylic oxidation sites excluding steroid dienone is 4. The van der Waals surface area contributed by atoms with Crippen LogP contribution in [-0.4, -0.2) is 96.7 Å². The van der Waals surface area contributed by atoms with E-state index in [4.69, 9.17) is 37.0 Å². The molecule has 0 heterocycles. The summed E-state index contributed by atoms with van der Waals surface area (Å²) in [5.41, 5.74) is 0. The summed E-state index contributed by atoms with van der Waals surface area (Å²) in [5, 5.41) is 10.5. The van der Waals surface area contributed by atoms with Gasteiger partial charge in [-0.2, -0.15) is 0 Å². The minimum absolute atomic E-state index is 0.0959. The zero-order valence-corrected chi connectivity index (χ0v) is 56.3. The summed E-state index contributed by atoms with van der Waals surface area (Å²) in [5.74, 6) is -0.0822. The third-order valence-corrected chi connectivity index (χ3v) is 16.4. The third-order valence-electron chi connectivity index (χ3n) is 14.5. The summed E-state index contributed by atoms with van der Waals surface area (Å²) in [7, 11) is -9.90. The number of rotatable bonds is 62. The van der Waals surface area contributed by atoms with Crippen LogP contribution in [0.1, 0.15) is 299 Å². The summed E-state index contributed by atoms with van der Waals surface area (Å²) in [4.78, 5) is 72.2. The Kier molecular flexibility index (Phi) is 55.1. The van der Waals surface area contributed by atoms with Crippen molar-refractivity contribution < 1.29 is 80.2 Å². The molecule has 17 nitrogen and oxygen atoms in total. The maximum absolute atomic E-state index is 13.0. The van der Waals surface area contributed by atoms with Crippen molar-refractivity contribution in [3.63, 3.8) is 0 Å². The molecule has 0 aliphatic rings. The molecule has 0 fully saturated rings. The summed E-state index contributed by atoms with van der Waals surface area (Å²) in [6.07, 6.45) is 41.5.